The van der Waals surface area contributed by atoms with Crippen molar-refractivity contribution in [1.82, 2.24) is 10.2 Å². The number of carbonyl (C=O) groups excluding carboxylic acids is 2. The van der Waals surface area contributed by atoms with E-state index in [4.69, 9.17) is 0 Å². The standard InChI is InChI=1S/C19H28N2O2/c1-4-16-12-8-9-13-21(16)18(23)19(2,3)17(22)20-14-15-10-6-5-7-11-15/h5-7,10-11,16H,4,8-9,12-14H2,1-3H3,(H,20,22). The summed E-state index contributed by atoms with van der Waals surface area (Å²) in [6.45, 7) is 6.80. The molecule has 0 saturated carbocycles. The minimum Gasteiger partial charge on any atom is -0.351 e. The van der Waals surface area contributed by atoms with Gasteiger partial charge < -0.3 is 10.2 Å². The fraction of sp³-hybridized carbons (Fsp3) is 0.579. The van der Waals surface area contributed by atoms with E-state index in [0.29, 0.717) is 6.54 Å². The zero-order chi connectivity index (χ0) is 16.9. The Morgan fingerprint density at radius 2 is 1.91 bits per heavy atom. The first-order valence-corrected chi connectivity index (χ1v) is 8.60. The summed E-state index contributed by atoms with van der Waals surface area (Å²) in [5, 5.41) is 2.91. The summed E-state index contributed by atoms with van der Waals surface area (Å²) in [5.74, 6) is -0.249. The molecule has 1 heterocycles. The first kappa shape index (κ1) is 17.5. The lowest BCUT2D eigenvalue weighted by Crippen LogP contribution is -2.53. The van der Waals surface area contributed by atoms with Crippen LogP contribution in [0.15, 0.2) is 30.3 Å². The van der Waals surface area contributed by atoms with E-state index >= 15 is 0 Å². The van der Waals surface area contributed by atoms with Crippen molar-refractivity contribution in [3.05, 3.63) is 35.9 Å². The smallest absolute Gasteiger partial charge is 0.237 e. The van der Waals surface area contributed by atoms with Crippen LogP contribution < -0.4 is 5.32 Å². The number of hydrogen-bond acceptors (Lipinski definition) is 2. The average molecular weight is 316 g/mol. The Hall–Kier alpha value is -1.84. The van der Waals surface area contributed by atoms with E-state index in [-0.39, 0.29) is 17.9 Å². The maximum absolute atomic E-state index is 12.9. The highest BCUT2D eigenvalue weighted by Crippen LogP contribution is 2.27. The molecule has 1 fully saturated rings. The molecule has 4 heteroatoms. The molecular weight excluding hydrogens is 288 g/mol. The number of carbonyl (C=O) groups is 2. The Balaban J connectivity index is 2.00. The number of likely N-dealkylation sites (tertiary alicyclic amines) is 1. The Kier molecular flexibility index (Phi) is 5.80. The third kappa shape index (κ3) is 4.12. The van der Waals surface area contributed by atoms with Crippen LogP contribution in [0.5, 0.6) is 0 Å². The molecule has 0 aromatic heterocycles. The second kappa shape index (κ2) is 7.62. The highest BCUT2D eigenvalue weighted by atomic mass is 16.2. The van der Waals surface area contributed by atoms with Gasteiger partial charge in [-0.1, -0.05) is 37.3 Å². The van der Waals surface area contributed by atoms with Crippen LogP contribution in [-0.4, -0.2) is 29.3 Å². The predicted octanol–water partition coefficient (Wildman–Crippen LogP) is 3.12. The zero-order valence-corrected chi connectivity index (χ0v) is 14.5. The summed E-state index contributed by atoms with van der Waals surface area (Å²) in [6, 6.07) is 10.0. The van der Waals surface area contributed by atoms with Crippen molar-refractivity contribution >= 4 is 11.8 Å². The van der Waals surface area contributed by atoms with E-state index in [1.807, 2.05) is 35.2 Å². The van der Waals surface area contributed by atoms with Gasteiger partial charge in [0.15, 0.2) is 0 Å². The van der Waals surface area contributed by atoms with Gasteiger partial charge in [-0.05, 0) is 45.1 Å². The molecule has 1 unspecified atom stereocenters. The molecule has 1 aromatic rings. The van der Waals surface area contributed by atoms with Gasteiger partial charge in [0.1, 0.15) is 5.41 Å². The van der Waals surface area contributed by atoms with Crippen LogP contribution in [0.25, 0.3) is 0 Å². The van der Waals surface area contributed by atoms with Gasteiger partial charge in [0.2, 0.25) is 11.8 Å². The lowest BCUT2D eigenvalue weighted by molar-refractivity contribution is -0.151. The Bertz CT molecular complexity index is 540. The van der Waals surface area contributed by atoms with Crippen LogP contribution in [-0.2, 0) is 16.1 Å². The predicted molar refractivity (Wildman–Crippen MR) is 91.7 cm³/mol. The Labute approximate surface area is 139 Å². The summed E-state index contributed by atoms with van der Waals surface area (Å²) < 4.78 is 0. The number of benzene rings is 1. The zero-order valence-electron chi connectivity index (χ0n) is 14.5. The molecule has 4 nitrogen and oxygen atoms in total. The second-order valence-electron chi connectivity index (χ2n) is 6.85. The maximum Gasteiger partial charge on any atom is 0.237 e. The quantitative estimate of drug-likeness (QED) is 0.849. The van der Waals surface area contributed by atoms with Crippen LogP contribution in [0.1, 0.15) is 52.0 Å². The monoisotopic (exact) mass is 316 g/mol. The molecular formula is C19H28N2O2. The molecule has 126 valence electrons. The topological polar surface area (TPSA) is 49.4 Å². The van der Waals surface area contributed by atoms with Crippen molar-refractivity contribution in [2.45, 2.75) is 59.0 Å². The highest BCUT2D eigenvalue weighted by molar-refractivity contribution is 6.04. The summed E-state index contributed by atoms with van der Waals surface area (Å²) in [6.07, 6.45) is 4.20. The molecule has 2 amide bonds. The first-order valence-electron chi connectivity index (χ1n) is 8.60. The molecule has 1 atom stereocenters. The van der Waals surface area contributed by atoms with Crippen molar-refractivity contribution in [1.29, 1.82) is 0 Å². The van der Waals surface area contributed by atoms with Gasteiger partial charge in [0.25, 0.3) is 0 Å². The summed E-state index contributed by atoms with van der Waals surface area (Å²) in [5.41, 5.74) is 0.00742. The Morgan fingerprint density at radius 3 is 2.57 bits per heavy atom. The molecule has 1 aliphatic heterocycles. The molecule has 0 spiro atoms. The number of hydrogen-bond donors (Lipinski definition) is 1. The number of nitrogens with one attached hydrogen (secondary N) is 1. The second-order valence-corrected chi connectivity index (χ2v) is 6.85. The van der Waals surface area contributed by atoms with Gasteiger partial charge in [0, 0.05) is 19.1 Å². The van der Waals surface area contributed by atoms with Gasteiger partial charge in [-0.2, -0.15) is 0 Å². The van der Waals surface area contributed by atoms with Crippen molar-refractivity contribution in [2.24, 2.45) is 5.41 Å². The van der Waals surface area contributed by atoms with Crippen LogP contribution in [0.4, 0.5) is 0 Å². The van der Waals surface area contributed by atoms with Crippen LogP contribution >= 0.6 is 0 Å². The van der Waals surface area contributed by atoms with Crippen LogP contribution in [0.2, 0.25) is 0 Å². The molecule has 23 heavy (non-hydrogen) atoms. The van der Waals surface area contributed by atoms with E-state index in [0.717, 1.165) is 31.4 Å². The molecule has 0 bridgehead atoms. The molecule has 1 aromatic carbocycles. The number of piperidine rings is 1. The van der Waals surface area contributed by atoms with E-state index in [1.165, 1.54) is 6.42 Å². The van der Waals surface area contributed by atoms with E-state index < -0.39 is 5.41 Å². The summed E-state index contributed by atoms with van der Waals surface area (Å²) in [4.78, 5) is 27.4. The lowest BCUT2D eigenvalue weighted by atomic mass is 9.87. The van der Waals surface area contributed by atoms with Gasteiger partial charge >= 0.3 is 0 Å². The van der Waals surface area contributed by atoms with E-state index in [9.17, 15) is 9.59 Å². The third-order valence-electron chi connectivity index (χ3n) is 4.76. The van der Waals surface area contributed by atoms with Gasteiger partial charge in [-0.15, -0.1) is 0 Å². The van der Waals surface area contributed by atoms with Crippen molar-refractivity contribution in [3.8, 4) is 0 Å². The number of nitrogens with zero attached hydrogens (tertiary/aromatic N) is 1. The molecule has 1 aliphatic rings. The molecule has 0 aliphatic carbocycles. The average Bonchev–Trinajstić information content (AvgIpc) is 2.59. The van der Waals surface area contributed by atoms with E-state index in [2.05, 4.69) is 12.2 Å². The first-order chi connectivity index (χ1) is 11.0. The summed E-state index contributed by atoms with van der Waals surface area (Å²) >= 11 is 0. The third-order valence-corrected chi connectivity index (χ3v) is 4.76. The van der Waals surface area contributed by atoms with Gasteiger partial charge in [-0.25, -0.2) is 0 Å². The SMILES string of the molecule is CCC1CCCCN1C(=O)C(C)(C)C(=O)NCc1ccccc1. The molecule has 1 N–H and O–H groups in total. The van der Waals surface area contributed by atoms with Crippen LogP contribution in [0.3, 0.4) is 0 Å². The molecule has 1 saturated heterocycles. The highest BCUT2D eigenvalue weighted by Gasteiger charge is 2.41. The lowest BCUT2D eigenvalue weighted by Gasteiger charge is -2.39. The van der Waals surface area contributed by atoms with Crippen molar-refractivity contribution < 1.29 is 9.59 Å². The fourth-order valence-corrected chi connectivity index (χ4v) is 3.15. The fourth-order valence-electron chi connectivity index (χ4n) is 3.15. The van der Waals surface area contributed by atoms with Crippen molar-refractivity contribution in [2.75, 3.05) is 6.54 Å². The Morgan fingerprint density at radius 1 is 1.22 bits per heavy atom. The molecule has 0 radical (unpaired) electrons. The normalized spacial score (nSPS) is 18.6. The number of amides is 2. The minimum absolute atomic E-state index is 0.0467. The van der Waals surface area contributed by atoms with Gasteiger partial charge in [0.05, 0.1) is 0 Å². The minimum atomic E-state index is -1.03. The summed E-state index contributed by atoms with van der Waals surface area (Å²) in [7, 11) is 0. The van der Waals surface area contributed by atoms with E-state index in [1.54, 1.807) is 13.8 Å². The maximum atomic E-state index is 12.9. The largest absolute Gasteiger partial charge is 0.351 e. The van der Waals surface area contributed by atoms with Gasteiger partial charge in [-0.3, -0.25) is 9.59 Å². The number of rotatable bonds is 5. The van der Waals surface area contributed by atoms with Crippen LogP contribution in [0, 0.1) is 5.41 Å². The molecule has 2 rings (SSSR count). The van der Waals surface area contributed by atoms with Crippen molar-refractivity contribution in [3.63, 3.8) is 0 Å².